The van der Waals surface area contributed by atoms with E-state index in [0.717, 1.165) is 12.8 Å². The van der Waals surface area contributed by atoms with E-state index in [-0.39, 0.29) is 0 Å². The van der Waals surface area contributed by atoms with Crippen LogP contribution in [0.4, 0.5) is 0 Å². The first kappa shape index (κ1) is 28.9. The molecule has 0 aliphatic heterocycles. The summed E-state index contributed by atoms with van der Waals surface area (Å²) < 4.78 is 9.78. The molecule has 0 unspecified atom stereocenters. The summed E-state index contributed by atoms with van der Waals surface area (Å²) in [7, 11) is 2.18. The molecule has 53 heavy (non-hydrogen) atoms. The second-order valence-corrected chi connectivity index (χ2v) is 14.5. The summed E-state index contributed by atoms with van der Waals surface area (Å²) in [6.45, 7) is 0. The first-order valence-electron chi connectivity index (χ1n) is 18.6. The van der Waals surface area contributed by atoms with Gasteiger partial charge in [-0.3, -0.25) is 0 Å². The minimum Gasteiger partial charge on any atom is -0.344 e. The van der Waals surface area contributed by atoms with Crippen molar-refractivity contribution in [1.29, 1.82) is 0 Å². The third kappa shape index (κ3) is 3.90. The molecule has 0 saturated heterocycles. The Balaban J connectivity index is 1.06. The van der Waals surface area contributed by atoms with E-state index in [4.69, 9.17) is 0 Å². The van der Waals surface area contributed by atoms with Gasteiger partial charge in [0.15, 0.2) is 0 Å². The Morgan fingerprint density at radius 1 is 0.358 bits per heavy atom. The quantitative estimate of drug-likeness (QED) is 0.177. The van der Waals surface area contributed by atoms with Crippen LogP contribution >= 0.6 is 0 Å². The number of fused-ring (bicyclic) bond motifs is 12. The van der Waals surface area contributed by atoms with Gasteiger partial charge in [0.05, 0.1) is 33.1 Å². The molecule has 1 aliphatic rings. The normalized spacial score (nSPS) is 13.3. The number of rotatable bonds is 3. The number of nitrogens with zero attached hydrogens (tertiary/aromatic N) is 4. The van der Waals surface area contributed by atoms with Crippen LogP contribution < -0.4 is 0 Å². The fourth-order valence-corrected chi connectivity index (χ4v) is 9.58. The Morgan fingerprint density at radius 2 is 0.830 bits per heavy atom. The van der Waals surface area contributed by atoms with Gasteiger partial charge >= 0.3 is 0 Å². The molecule has 12 rings (SSSR count). The molecule has 0 atom stereocenters. The second-order valence-electron chi connectivity index (χ2n) is 14.5. The summed E-state index contributed by atoms with van der Waals surface area (Å²) in [6.07, 6.45) is 4.38. The Hall–Kier alpha value is -6.78. The van der Waals surface area contributed by atoms with Crippen molar-refractivity contribution in [2.45, 2.75) is 12.8 Å². The summed E-state index contributed by atoms with van der Waals surface area (Å²) >= 11 is 0. The van der Waals surface area contributed by atoms with Crippen LogP contribution in [0.2, 0.25) is 0 Å². The van der Waals surface area contributed by atoms with Crippen molar-refractivity contribution < 1.29 is 0 Å². The van der Waals surface area contributed by atoms with Crippen LogP contribution in [0, 0.1) is 0 Å². The van der Waals surface area contributed by atoms with Crippen LogP contribution in [-0.4, -0.2) is 18.3 Å². The number of benzene rings is 7. The molecule has 0 N–H and O–H groups in total. The molecule has 4 heteroatoms. The fourth-order valence-electron chi connectivity index (χ4n) is 9.58. The second kappa shape index (κ2) is 10.6. The Kier molecular flexibility index (Phi) is 5.79. The number of aromatic nitrogens is 4. The largest absolute Gasteiger partial charge is 0.344 e. The van der Waals surface area contributed by atoms with Crippen molar-refractivity contribution in [3.8, 4) is 11.4 Å². The Morgan fingerprint density at radius 3 is 1.51 bits per heavy atom. The van der Waals surface area contributed by atoms with E-state index in [2.05, 4.69) is 189 Å². The van der Waals surface area contributed by atoms with Gasteiger partial charge in [-0.15, -0.1) is 0 Å². The maximum absolute atomic E-state index is 2.52. The van der Waals surface area contributed by atoms with Gasteiger partial charge in [-0.2, -0.15) is 0 Å². The first-order valence-corrected chi connectivity index (χ1v) is 18.6. The molecule has 0 radical (unpaired) electrons. The molecule has 250 valence electrons. The molecule has 0 spiro atoms. The first-order chi connectivity index (χ1) is 26.2. The van der Waals surface area contributed by atoms with E-state index in [1.165, 1.54) is 105 Å². The van der Waals surface area contributed by atoms with E-state index < -0.39 is 0 Å². The van der Waals surface area contributed by atoms with Gasteiger partial charge in [-0.05, 0) is 79.6 Å². The van der Waals surface area contributed by atoms with Crippen LogP contribution in [0.5, 0.6) is 0 Å². The topological polar surface area (TPSA) is 19.7 Å². The Bertz CT molecular complexity index is 3300. The number of hydrogen-bond acceptors (Lipinski definition) is 0. The van der Waals surface area contributed by atoms with E-state index in [1.807, 2.05) is 0 Å². The minimum absolute atomic E-state index is 0.960. The average molecular weight is 679 g/mol. The van der Waals surface area contributed by atoms with Gasteiger partial charge in [0, 0.05) is 78.6 Å². The van der Waals surface area contributed by atoms with Gasteiger partial charge in [0.25, 0.3) is 0 Å². The molecule has 1 aliphatic carbocycles. The lowest BCUT2D eigenvalue weighted by atomic mass is 9.99. The van der Waals surface area contributed by atoms with Crippen molar-refractivity contribution in [2.75, 3.05) is 0 Å². The van der Waals surface area contributed by atoms with Crippen molar-refractivity contribution in [3.05, 3.63) is 169 Å². The van der Waals surface area contributed by atoms with Gasteiger partial charge < -0.3 is 18.3 Å². The predicted octanol–water partition coefficient (Wildman–Crippen LogP) is 12.4. The van der Waals surface area contributed by atoms with Crippen LogP contribution in [0.1, 0.15) is 17.7 Å². The molecule has 4 heterocycles. The standard InChI is InChI=1S/C49H34N4/c1-50-42-17-7-2-12-34(42)39-25-22-33(30-49(39)50)53-46-21-11-6-16-38(46)41-29-32(24-27-48(41)53)52-45-20-10-5-15-37(45)40-28-31(23-26-47(40)52)51-43-18-8-3-13-35(43)36-14-4-9-19-44(36)51/h2-22,24-25,27-30H,23,26H2,1H3. The summed E-state index contributed by atoms with van der Waals surface area (Å²) in [5.41, 5.74) is 15.2. The zero-order valence-corrected chi connectivity index (χ0v) is 29.3. The van der Waals surface area contributed by atoms with Gasteiger partial charge in [-0.1, -0.05) is 97.1 Å². The predicted molar refractivity (Wildman–Crippen MR) is 224 cm³/mol. The molecule has 7 aromatic carbocycles. The number of aryl methyl sites for hydroxylation is 1. The van der Waals surface area contributed by atoms with Crippen molar-refractivity contribution in [1.82, 2.24) is 18.3 Å². The number of allylic oxidation sites excluding steroid dienone is 1. The highest BCUT2D eigenvalue weighted by molar-refractivity contribution is 6.13. The molecule has 11 aromatic rings. The van der Waals surface area contributed by atoms with Crippen LogP contribution in [0.15, 0.2) is 158 Å². The average Bonchev–Trinajstić information content (AvgIpc) is 3.92. The molecule has 0 saturated carbocycles. The van der Waals surface area contributed by atoms with Crippen molar-refractivity contribution in [3.63, 3.8) is 0 Å². The minimum atomic E-state index is 0.960. The molecule has 0 fully saturated rings. The molecule has 0 amide bonds. The molecule has 4 aromatic heterocycles. The SMILES string of the molecule is Cn1c2ccccc2c2ccc(-n3c4ccccc4c4cc(-n5c6c(c7ccccc75)C=C(n5c7ccccc7c7ccccc75)CC6)ccc43)cc21. The number of para-hydroxylation sites is 5. The molecule has 0 bridgehead atoms. The smallest absolute Gasteiger partial charge is 0.0542 e. The van der Waals surface area contributed by atoms with Crippen LogP contribution in [0.25, 0.3) is 99.5 Å². The number of hydrogen-bond donors (Lipinski definition) is 0. The van der Waals surface area contributed by atoms with E-state index in [0.29, 0.717) is 0 Å². The third-order valence-electron chi connectivity index (χ3n) is 11.9. The molecule has 4 nitrogen and oxygen atoms in total. The highest BCUT2D eigenvalue weighted by Crippen LogP contribution is 2.42. The van der Waals surface area contributed by atoms with E-state index in [1.54, 1.807) is 0 Å². The molecular weight excluding hydrogens is 645 g/mol. The van der Waals surface area contributed by atoms with Crippen molar-refractivity contribution >= 4 is 88.1 Å². The summed E-state index contributed by atoms with van der Waals surface area (Å²) in [4.78, 5) is 0. The highest BCUT2D eigenvalue weighted by Gasteiger charge is 2.24. The zero-order chi connectivity index (χ0) is 34.8. The summed E-state index contributed by atoms with van der Waals surface area (Å²) in [5, 5.41) is 9.02. The highest BCUT2D eigenvalue weighted by atomic mass is 15.0. The summed E-state index contributed by atoms with van der Waals surface area (Å²) in [6, 6.07) is 58.2. The van der Waals surface area contributed by atoms with Crippen molar-refractivity contribution in [2.24, 2.45) is 7.05 Å². The third-order valence-corrected chi connectivity index (χ3v) is 11.9. The van der Waals surface area contributed by atoms with Crippen LogP contribution in [0.3, 0.4) is 0 Å². The fraction of sp³-hybridized carbons (Fsp3) is 0.0612. The monoisotopic (exact) mass is 678 g/mol. The molecular formula is C49H34N4. The Labute approximate surface area is 305 Å². The maximum atomic E-state index is 2.52. The maximum Gasteiger partial charge on any atom is 0.0542 e. The summed E-state index contributed by atoms with van der Waals surface area (Å²) in [5.74, 6) is 0. The lowest BCUT2D eigenvalue weighted by molar-refractivity contribution is 0.874. The van der Waals surface area contributed by atoms with E-state index in [9.17, 15) is 0 Å². The zero-order valence-electron chi connectivity index (χ0n) is 29.3. The lowest BCUT2D eigenvalue weighted by Gasteiger charge is -2.20. The van der Waals surface area contributed by atoms with E-state index >= 15 is 0 Å². The lowest BCUT2D eigenvalue weighted by Crippen LogP contribution is -2.08. The van der Waals surface area contributed by atoms with Gasteiger partial charge in [0.2, 0.25) is 0 Å². The van der Waals surface area contributed by atoms with Gasteiger partial charge in [0.1, 0.15) is 0 Å². The van der Waals surface area contributed by atoms with Gasteiger partial charge in [-0.25, -0.2) is 0 Å². The van der Waals surface area contributed by atoms with Crippen LogP contribution in [-0.2, 0) is 13.5 Å².